The lowest BCUT2D eigenvalue weighted by atomic mass is 9.89. The topological polar surface area (TPSA) is 110 Å². The van der Waals surface area contributed by atoms with Crippen LogP contribution in [0.15, 0.2) is 76.5 Å². The summed E-state index contributed by atoms with van der Waals surface area (Å²) in [6.45, 7) is 1.42. The molecule has 0 aromatic heterocycles. The number of alkyl halides is 6. The fourth-order valence-corrected chi connectivity index (χ4v) is 10.8. The lowest BCUT2D eigenvalue weighted by molar-refractivity contribution is -0.274. The van der Waals surface area contributed by atoms with E-state index >= 15 is 0 Å². The summed E-state index contributed by atoms with van der Waals surface area (Å²) in [4.78, 5) is 13.1. The van der Waals surface area contributed by atoms with Gasteiger partial charge >= 0.3 is 18.6 Å². The number of para-hydroxylation sites is 1. The maximum Gasteiger partial charge on any atom is 0.573 e. The van der Waals surface area contributed by atoms with Crippen LogP contribution in [0.1, 0.15) is 42.4 Å². The van der Waals surface area contributed by atoms with Gasteiger partial charge in [0.1, 0.15) is 24.4 Å². The number of benzene rings is 3. The predicted molar refractivity (Wildman–Crippen MR) is 171 cm³/mol. The van der Waals surface area contributed by atoms with Crippen LogP contribution in [0, 0.1) is 6.92 Å². The molecule has 18 heteroatoms. The average Bonchev–Trinajstić information content (AvgIpc) is 3.08. The molecule has 1 unspecified atom stereocenters. The zero-order chi connectivity index (χ0) is 37.0. The number of rotatable bonds is 7. The predicted octanol–water partition coefficient (Wildman–Crippen LogP) is 6.58. The van der Waals surface area contributed by atoms with E-state index in [2.05, 4.69) is 4.74 Å². The second kappa shape index (κ2) is 13.4. The SMILES string of the molecule is Cc1cccc2c1[N+](C1CCN(S(=O)(=O)c3ccc(OC(F)(F)F)cc3)CC1)(C1CCN(S(=O)(=O)c3ccccc3C(F)(F)F)CC1)C(=O)OC2. The number of hydrogen-bond acceptors (Lipinski definition) is 7. The highest BCUT2D eigenvalue weighted by Crippen LogP contribution is 2.47. The quantitative estimate of drug-likeness (QED) is 0.198. The third-order valence-corrected chi connectivity index (χ3v) is 13.7. The largest absolute Gasteiger partial charge is 0.573 e. The van der Waals surface area contributed by atoms with Gasteiger partial charge in [-0.2, -0.15) is 31.1 Å². The second-order valence-electron chi connectivity index (χ2n) is 12.7. The fourth-order valence-electron chi connectivity index (χ4n) is 7.67. The number of carbonyl (C=O) groups is 1. The minimum absolute atomic E-state index is 0.00142. The van der Waals surface area contributed by atoms with Gasteiger partial charge in [-0.3, -0.25) is 0 Å². The van der Waals surface area contributed by atoms with Crippen molar-refractivity contribution < 1.29 is 57.4 Å². The van der Waals surface area contributed by atoms with Gasteiger partial charge in [0.25, 0.3) is 0 Å². The van der Waals surface area contributed by atoms with E-state index in [9.17, 15) is 48.0 Å². The smallest absolute Gasteiger partial charge is 0.415 e. The van der Waals surface area contributed by atoms with Gasteiger partial charge in [0.15, 0.2) is 5.69 Å². The van der Waals surface area contributed by atoms with Crippen molar-refractivity contribution in [3.8, 4) is 5.75 Å². The molecule has 6 rings (SSSR count). The van der Waals surface area contributed by atoms with Crippen molar-refractivity contribution in [1.29, 1.82) is 0 Å². The highest BCUT2D eigenvalue weighted by molar-refractivity contribution is 7.89. The minimum atomic E-state index is -4.95. The lowest BCUT2D eigenvalue weighted by Gasteiger charge is -2.52. The number of sulfonamides is 2. The summed E-state index contributed by atoms with van der Waals surface area (Å²) in [5.41, 5.74) is 0.917. The van der Waals surface area contributed by atoms with Gasteiger partial charge in [-0.15, -0.1) is 13.2 Å². The maximum absolute atomic E-state index is 14.2. The molecule has 3 aromatic rings. The summed E-state index contributed by atoms with van der Waals surface area (Å²) in [5.74, 6) is -0.576. The van der Waals surface area contributed by atoms with Crippen LogP contribution in [-0.2, 0) is 37.6 Å². The minimum Gasteiger partial charge on any atom is -0.415 e. The van der Waals surface area contributed by atoms with Crippen LogP contribution in [0.2, 0.25) is 0 Å². The van der Waals surface area contributed by atoms with E-state index in [0.29, 0.717) is 11.8 Å². The molecule has 0 saturated carbocycles. The van der Waals surface area contributed by atoms with E-state index < -0.39 is 67.0 Å². The Bertz CT molecular complexity index is 2010. The Kier molecular flexibility index (Phi) is 9.71. The Morgan fingerprint density at radius 3 is 1.84 bits per heavy atom. The lowest BCUT2D eigenvalue weighted by Crippen LogP contribution is -2.71. The Labute approximate surface area is 290 Å². The molecule has 3 aliphatic rings. The molecule has 0 aliphatic carbocycles. The molecule has 2 fully saturated rings. The van der Waals surface area contributed by atoms with Crippen molar-refractivity contribution in [3.05, 3.63) is 83.4 Å². The summed E-state index contributed by atoms with van der Waals surface area (Å²) in [6.07, 6.45) is -9.88. The van der Waals surface area contributed by atoms with Crippen molar-refractivity contribution in [2.45, 2.75) is 73.6 Å². The summed E-state index contributed by atoms with van der Waals surface area (Å²) < 4.78 is 145. The molecular formula is C33H34F6N3O7S2+. The molecule has 0 spiro atoms. The van der Waals surface area contributed by atoms with Gasteiger partial charge in [-0.25, -0.2) is 16.8 Å². The van der Waals surface area contributed by atoms with Crippen LogP contribution in [0.3, 0.4) is 0 Å². The van der Waals surface area contributed by atoms with Crippen LogP contribution in [0.5, 0.6) is 5.75 Å². The van der Waals surface area contributed by atoms with Gasteiger partial charge < -0.3 is 9.47 Å². The van der Waals surface area contributed by atoms with Gasteiger partial charge in [-0.05, 0) is 49.4 Å². The van der Waals surface area contributed by atoms with Crippen LogP contribution in [-0.4, -0.2) is 76.2 Å². The summed E-state index contributed by atoms with van der Waals surface area (Å²) in [7, 11) is -8.71. The number of fused-ring (bicyclic) bond motifs is 1. The van der Waals surface area contributed by atoms with E-state index in [1.807, 2.05) is 25.1 Å². The van der Waals surface area contributed by atoms with E-state index in [0.717, 1.165) is 51.8 Å². The number of ether oxygens (including phenoxy) is 2. The normalized spacial score (nSPS) is 22.0. The molecule has 1 atom stereocenters. The zero-order valence-electron chi connectivity index (χ0n) is 27.2. The third kappa shape index (κ3) is 6.83. The molecule has 51 heavy (non-hydrogen) atoms. The van der Waals surface area contributed by atoms with Crippen LogP contribution < -0.4 is 9.22 Å². The summed E-state index contributed by atoms with van der Waals surface area (Å²) >= 11 is 0. The number of piperidine rings is 2. The first kappa shape index (κ1) is 37.1. The molecular weight excluding hydrogens is 728 g/mol. The molecule has 3 aliphatic heterocycles. The Morgan fingerprint density at radius 1 is 0.745 bits per heavy atom. The number of aryl methyl sites for hydroxylation is 1. The molecule has 3 aromatic carbocycles. The molecule has 2 saturated heterocycles. The molecule has 0 radical (unpaired) electrons. The standard InChI is InChI=1S/C33H34F6N3O7S2/c1-22-5-4-6-23-21-48-31(43)42(30(22)23,25-15-19-41(20-16-25)51(46,47)29-8-3-2-7-28(29)32(34,35)36)24-13-17-40(18-14-24)50(44,45)27-11-9-26(10-12-27)49-33(37,38)39/h2-12,24-25H,13-21H2,1H3/q+1. The Hall–Kier alpha value is -3.71. The van der Waals surface area contributed by atoms with Gasteiger partial charge in [-0.1, -0.05) is 24.3 Å². The van der Waals surface area contributed by atoms with E-state index in [1.165, 1.54) is 10.4 Å². The number of carbonyl (C=O) groups excluding carboxylic acids is 1. The van der Waals surface area contributed by atoms with Crippen molar-refractivity contribution in [2.24, 2.45) is 0 Å². The second-order valence-corrected chi connectivity index (χ2v) is 16.5. The molecule has 1 amide bonds. The van der Waals surface area contributed by atoms with Crippen molar-refractivity contribution in [3.63, 3.8) is 0 Å². The van der Waals surface area contributed by atoms with Gasteiger partial charge in [0, 0.05) is 57.4 Å². The molecule has 10 nitrogen and oxygen atoms in total. The first-order valence-electron chi connectivity index (χ1n) is 16.0. The fraction of sp³-hybridized carbons (Fsp3) is 0.424. The van der Waals surface area contributed by atoms with E-state index in [1.54, 1.807) is 0 Å². The third-order valence-electron chi connectivity index (χ3n) is 9.85. The number of cyclic esters (lactones) is 1. The van der Waals surface area contributed by atoms with Crippen LogP contribution in [0.25, 0.3) is 0 Å². The summed E-state index contributed by atoms with van der Waals surface area (Å²) in [6, 6.07) is 12.2. The van der Waals surface area contributed by atoms with Crippen molar-refractivity contribution in [1.82, 2.24) is 13.1 Å². The molecule has 3 heterocycles. The number of amides is 1. The summed E-state index contributed by atoms with van der Waals surface area (Å²) in [5, 5.41) is 0. The van der Waals surface area contributed by atoms with E-state index in [4.69, 9.17) is 4.74 Å². The van der Waals surface area contributed by atoms with Crippen molar-refractivity contribution in [2.75, 3.05) is 26.2 Å². The van der Waals surface area contributed by atoms with Crippen LogP contribution >= 0.6 is 0 Å². The number of hydrogen-bond donors (Lipinski definition) is 0. The highest BCUT2D eigenvalue weighted by atomic mass is 32.2. The van der Waals surface area contributed by atoms with Crippen LogP contribution in [0.4, 0.5) is 36.8 Å². The Balaban J connectivity index is 1.28. The monoisotopic (exact) mass is 762 g/mol. The van der Waals surface area contributed by atoms with Crippen molar-refractivity contribution >= 4 is 31.8 Å². The first-order valence-corrected chi connectivity index (χ1v) is 18.9. The molecule has 0 bridgehead atoms. The molecule has 0 N–H and O–H groups in total. The number of nitrogens with zero attached hydrogens (tertiary/aromatic N) is 3. The maximum atomic E-state index is 14.2. The molecule has 276 valence electrons. The average molecular weight is 763 g/mol. The number of quaternary nitrogens is 1. The van der Waals surface area contributed by atoms with Gasteiger partial charge in [0.2, 0.25) is 20.0 Å². The van der Waals surface area contributed by atoms with Gasteiger partial charge in [0.05, 0.1) is 20.9 Å². The Morgan fingerprint density at radius 2 is 1.29 bits per heavy atom. The highest BCUT2D eigenvalue weighted by Gasteiger charge is 2.59. The van der Waals surface area contributed by atoms with E-state index in [-0.39, 0.29) is 67.8 Å². The number of halogens is 6. The first-order chi connectivity index (χ1) is 23.9. The zero-order valence-corrected chi connectivity index (χ0v) is 28.8.